The molecule has 0 aromatic heterocycles. The van der Waals surface area contributed by atoms with E-state index in [9.17, 15) is 19.2 Å². The van der Waals surface area contributed by atoms with Gasteiger partial charge in [-0.25, -0.2) is 4.79 Å². The molecule has 0 unspecified atom stereocenters. The van der Waals surface area contributed by atoms with Gasteiger partial charge in [-0.1, -0.05) is 6.42 Å². The van der Waals surface area contributed by atoms with Crippen LogP contribution >= 0.6 is 0 Å². The van der Waals surface area contributed by atoms with E-state index in [-0.39, 0.29) is 26.1 Å². The van der Waals surface area contributed by atoms with Crippen LogP contribution in [0.4, 0.5) is 0 Å². The van der Waals surface area contributed by atoms with Crippen LogP contribution in [0, 0.1) is 5.41 Å². The molecule has 1 rings (SSSR count). The first-order valence-corrected chi connectivity index (χ1v) is 7.08. The highest BCUT2D eigenvalue weighted by molar-refractivity contribution is 6.26. The second kappa shape index (κ2) is 7.71. The van der Waals surface area contributed by atoms with E-state index in [4.69, 9.17) is 4.74 Å². The molecule has 116 valence electrons. The highest BCUT2D eigenvalue weighted by atomic mass is 16.5. The number of carbonyl (C=O) groups is 4. The summed E-state index contributed by atoms with van der Waals surface area (Å²) in [5, 5.41) is 0. The van der Waals surface area contributed by atoms with Crippen LogP contribution < -0.4 is 0 Å². The predicted octanol–water partition coefficient (Wildman–Crippen LogP) is 1.37. The number of ketones is 2. The van der Waals surface area contributed by atoms with Crippen LogP contribution in [-0.4, -0.2) is 36.7 Å². The van der Waals surface area contributed by atoms with Crippen molar-refractivity contribution in [2.45, 2.75) is 39.5 Å². The van der Waals surface area contributed by atoms with Crippen molar-refractivity contribution in [2.75, 3.05) is 13.2 Å². The molecule has 1 aliphatic carbocycles. The summed E-state index contributed by atoms with van der Waals surface area (Å²) in [5.74, 6) is -2.66. The van der Waals surface area contributed by atoms with E-state index in [0.29, 0.717) is 12.8 Å². The molecule has 1 fully saturated rings. The fourth-order valence-electron chi connectivity index (χ4n) is 2.34. The Balaban J connectivity index is 3.01. The SMILES string of the molecule is CCOC(=O)/C=C/C(=O)[C@]1(C(=O)OCC)CCCCC1=O. The van der Waals surface area contributed by atoms with Crippen LogP contribution in [0.3, 0.4) is 0 Å². The average Bonchev–Trinajstić information content (AvgIpc) is 2.46. The first-order chi connectivity index (χ1) is 9.98. The Morgan fingerprint density at radius 1 is 1.10 bits per heavy atom. The van der Waals surface area contributed by atoms with Crippen molar-refractivity contribution in [3.05, 3.63) is 12.2 Å². The summed E-state index contributed by atoms with van der Waals surface area (Å²) in [6.45, 7) is 3.51. The average molecular weight is 296 g/mol. The maximum atomic E-state index is 12.3. The van der Waals surface area contributed by atoms with Crippen molar-refractivity contribution in [3.63, 3.8) is 0 Å². The molecule has 6 heteroatoms. The van der Waals surface area contributed by atoms with Crippen LogP contribution in [0.1, 0.15) is 39.5 Å². The van der Waals surface area contributed by atoms with E-state index in [2.05, 4.69) is 4.74 Å². The standard InChI is InChI=1S/C15H20O6/c1-3-20-13(18)9-8-12(17)15(14(19)21-4-2)10-6-5-7-11(15)16/h8-9H,3-7,10H2,1-2H3/b9-8+/t15-/m0/s1. The molecule has 1 saturated carbocycles. The minimum absolute atomic E-state index is 0.0860. The van der Waals surface area contributed by atoms with E-state index >= 15 is 0 Å². The first-order valence-electron chi connectivity index (χ1n) is 7.08. The number of hydrogen-bond acceptors (Lipinski definition) is 6. The van der Waals surface area contributed by atoms with Crippen molar-refractivity contribution in [2.24, 2.45) is 5.41 Å². The van der Waals surface area contributed by atoms with Crippen LogP contribution in [0.25, 0.3) is 0 Å². The van der Waals surface area contributed by atoms with Gasteiger partial charge in [0.1, 0.15) is 0 Å². The van der Waals surface area contributed by atoms with Gasteiger partial charge in [0.15, 0.2) is 17.0 Å². The molecule has 0 aromatic rings. The summed E-state index contributed by atoms with van der Waals surface area (Å²) < 4.78 is 9.57. The molecule has 0 heterocycles. The number of esters is 2. The Labute approximate surface area is 123 Å². The van der Waals surface area contributed by atoms with Gasteiger partial charge >= 0.3 is 11.9 Å². The molecule has 0 N–H and O–H groups in total. The van der Waals surface area contributed by atoms with Crippen LogP contribution in [0.2, 0.25) is 0 Å². The highest BCUT2D eigenvalue weighted by Crippen LogP contribution is 2.36. The van der Waals surface area contributed by atoms with Crippen molar-refractivity contribution in [1.29, 1.82) is 0 Å². The lowest BCUT2D eigenvalue weighted by molar-refractivity contribution is -0.165. The molecule has 0 aliphatic heterocycles. The third-order valence-electron chi connectivity index (χ3n) is 3.38. The fourth-order valence-corrected chi connectivity index (χ4v) is 2.34. The number of allylic oxidation sites excluding steroid dienone is 1. The molecule has 0 saturated heterocycles. The molecule has 6 nitrogen and oxygen atoms in total. The second-order valence-corrected chi connectivity index (χ2v) is 4.71. The summed E-state index contributed by atoms with van der Waals surface area (Å²) in [4.78, 5) is 47.9. The zero-order chi connectivity index (χ0) is 15.9. The third kappa shape index (κ3) is 3.77. The molecular formula is C15H20O6. The quantitative estimate of drug-likeness (QED) is 0.418. The van der Waals surface area contributed by atoms with Gasteiger partial charge in [0, 0.05) is 12.5 Å². The largest absolute Gasteiger partial charge is 0.465 e. The van der Waals surface area contributed by atoms with Gasteiger partial charge in [-0.3, -0.25) is 14.4 Å². The predicted molar refractivity (Wildman–Crippen MR) is 73.3 cm³/mol. The fraction of sp³-hybridized carbons (Fsp3) is 0.600. The Morgan fingerprint density at radius 3 is 2.33 bits per heavy atom. The molecule has 21 heavy (non-hydrogen) atoms. The topological polar surface area (TPSA) is 86.7 Å². The van der Waals surface area contributed by atoms with Gasteiger partial charge < -0.3 is 9.47 Å². The third-order valence-corrected chi connectivity index (χ3v) is 3.38. The normalized spacial score (nSPS) is 22.1. The van der Waals surface area contributed by atoms with Crippen molar-refractivity contribution < 1.29 is 28.7 Å². The molecule has 0 aromatic carbocycles. The van der Waals surface area contributed by atoms with Gasteiger partial charge in [0.2, 0.25) is 0 Å². The van der Waals surface area contributed by atoms with E-state index in [1.165, 1.54) is 0 Å². The van der Waals surface area contributed by atoms with E-state index in [1.54, 1.807) is 13.8 Å². The van der Waals surface area contributed by atoms with Crippen LogP contribution in [-0.2, 0) is 28.7 Å². The van der Waals surface area contributed by atoms with Crippen molar-refractivity contribution in [3.8, 4) is 0 Å². The zero-order valence-electron chi connectivity index (χ0n) is 12.3. The summed E-state index contributed by atoms with van der Waals surface area (Å²) >= 11 is 0. The van der Waals surface area contributed by atoms with E-state index < -0.39 is 28.9 Å². The molecule has 0 radical (unpaired) electrons. The van der Waals surface area contributed by atoms with Crippen LogP contribution in [0.5, 0.6) is 0 Å². The van der Waals surface area contributed by atoms with Gasteiger partial charge in [-0.15, -0.1) is 0 Å². The summed E-state index contributed by atoms with van der Waals surface area (Å²) in [6.07, 6.45) is 3.40. The number of Topliss-reactive ketones (excluding diaryl/α,β-unsaturated/α-hetero) is 1. The maximum Gasteiger partial charge on any atom is 0.330 e. The minimum Gasteiger partial charge on any atom is -0.465 e. The lowest BCUT2D eigenvalue weighted by atomic mass is 9.70. The van der Waals surface area contributed by atoms with Crippen molar-refractivity contribution >= 4 is 23.5 Å². The van der Waals surface area contributed by atoms with Gasteiger partial charge in [0.05, 0.1) is 13.2 Å². The van der Waals surface area contributed by atoms with E-state index in [1.807, 2.05) is 0 Å². The number of rotatable bonds is 6. The minimum atomic E-state index is -1.79. The smallest absolute Gasteiger partial charge is 0.330 e. The summed E-state index contributed by atoms with van der Waals surface area (Å²) in [6, 6.07) is 0. The molecular weight excluding hydrogens is 276 g/mol. The Morgan fingerprint density at radius 2 is 1.76 bits per heavy atom. The molecule has 0 bridgehead atoms. The Bertz CT molecular complexity index is 465. The zero-order valence-corrected chi connectivity index (χ0v) is 12.3. The highest BCUT2D eigenvalue weighted by Gasteiger charge is 2.53. The lowest BCUT2D eigenvalue weighted by Gasteiger charge is -2.30. The summed E-state index contributed by atoms with van der Waals surface area (Å²) in [5.41, 5.74) is -1.79. The Hall–Kier alpha value is -1.98. The number of ether oxygens (including phenoxy) is 2. The molecule has 0 spiro atoms. The molecule has 0 amide bonds. The van der Waals surface area contributed by atoms with Gasteiger partial charge in [-0.2, -0.15) is 0 Å². The number of carbonyl (C=O) groups excluding carboxylic acids is 4. The van der Waals surface area contributed by atoms with Gasteiger partial charge in [-0.05, 0) is 32.8 Å². The first kappa shape index (κ1) is 17.1. The number of hydrogen-bond donors (Lipinski definition) is 0. The lowest BCUT2D eigenvalue weighted by Crippen LogP contribution is -2.48. The molecule has 1 atom stereocenters. The van der Waals surface area contributed by atoms with Crippen molar-refractivity contribution in [1.82, 2.24) is 0 Å². The summed E-state index contributed by atoms with van der Waals surface area (Å²) in [7, 11) is 0. The van der Waals surface area contributed by atoms with Crippen LogP contribution in [0.15, 0.2) is 12.2 Å². The Kier molecular flexibility index (Phi) is 6.27. The van der Waals surface area contributed by atoms with E-state index in [0.717, 1.165) is 12.2 Å². The monoisotopic (exact) mass is 296 g/mol. The second-order valence-electron chi connectivity index (χ2n) is 4.71. The maximum absolute atomic E-state index is 12.3. The van der Waals surface area contributed by atoms with Gasteiger partial charge in [0.25, 0.3) is 0 Å². The molecule has 1 aliphatic rings.